The van der Waals surface area contributed by atoms with Crippen LogP contribution in [0.2, 0.25) is 0 Å². The van der Waals surface area contributed by atoms with Gasteiger partial charge >= 0.3 is 0 Å². The third-order valence-corrected chi connectivity index (χ3v) is 3.21. The molecule has 2 aromatic carbocycles. The Morgan fingerprint density at radius 3 is 2.30 bits per heavy atom. The fraction of sp³-hybridized carbons (Fsp3) is 0.0588. The topological polar surface area (TPSA) is 45.8 Å². The number of H-pyrrole nitrogens is 1. The van der Waals surface area contributed by atoms with Gasteiger partial charge in [-0.1, -0.05) is 54.6 Å². The lowest BCUT2D eigenvalue weighted by Crippen LogP contribution is -2.13. The van der Waals surface area contributed by atoms with E-state index in [1.54, 1.807) is 12.4 Å². The van der Waals surface area contributed by atoms with Crippen molar-refractivity contribution < 1.29 is 0 Å². The predicted octanol–water partition coefficient (Wildman–Crippen LogP) is 3.03. The SMILES string of the molecule is O=c1[nH]ccnc1Cc1ccc(-c2ccccc2)cc1. The molecule has 0 spiro atoms. The third kappa shape index (κ3) is 2.67. The molecule has 0 fully saturated rings. The number of rotatable bonds is 3. The molecule has 0 amide bonds. The van der Waals surface area contributed by atoms with Gasteiger partial charge in [0.2, 0.25) is 0 Å². The minimum Gasteiger partial charge on any atom is -0.326 e. The summed E-state index contributed by atoms with van der Waals surface area (Å²) in [4.78, 5) is 18.3. The molecule has 0 aliphatic rings. The van der Waals surface area contributed by atoms with E-state index in [0.717, 1.165) is 5.56 Å². The molecule has 0 saturated heterocycles. The molecule has 98 valence electrons. The van der Waals surface area contributed by atoms with Crippen LogP contribution in [-0.4, -0.2) is 9.97 Å². The Morgan fingerprint density at radius 1 is 0.900 bits per heavy atom. The predicted molar refractivity (Wildman–Crippen MR) is 79.5 cm³/mol. The Kier molecular flexibility index (Phi) is 3.42. The highest BCUT2D eigenvalue weighted by molar-refractivity contribution is 5.63. The van der Waals surface area contributed by atoms with E-state index in [9.17, 15) is 4.79 Å². The van der Waals surface area contributed by atoms with Crippen LogP contribution in [0.3, 0.4) is 0 Å². The summed E-state index contributed by atoms with van der Waals surface area (Å²) in [6.07, 6.45) is 3.70. The molecule has 0 saturated carbocycles. The van der Waals surface area contributed by atoms with Crippen molar-refractivity contribution in [1.82, 2.24) is 9.97 Å². The summed E-state index contributed by atoms with van der Waals surface area (Å²) in [7, 11) is 0. The average molecular weight is 262 g/mol. The molecule has 0 aliphatic carbocycles. The second-order valence-electron chi connectivity index (χ2n) is 4.60. The Labute approximate surface area is 117 Å². The summed E-state index contributed by atoms with van der Waals surface area (Å²) in [6.45, 7) is 0. The summed E-state index contributed by atoms with van der Waals surface area (Å²) < 4.78 is 0. The van der Waals surface area contributed by atoms with E-state index in [0.29, 0.717) is 12.1 Å². The summed E-state index contributed by atoms with van der Waals surface area (Å²) in [5.41, 5.74) is 3.85. The molecule has 0 aliphatic heterocycles. The first-order valence-electron chi connectivity index (χ1n) is 6.50. The molecule has 3 heteroatoms. The lowest BCUT2D eigenvalue weighted by Gasteiger charge is -2.04. The van der Waals surface area contributed by atoms with Crippen LogP contribution in [0.4, 0.5) is 0 Å². The van der Waals surface area contributed by atoms with Gasteiger partial charge in [0.05, 0.1) is 0 Å². The van der Waals surface area contributed by atoms with E-state index in [2.05, 4.69) is 34.2 Å². The molecule has 0 unspecified atom stereocenters. The van der Waals surface area contributed by atoms with Crippen LogP contribution in [0, 0.1) is 0 Å². The van der Waals surface area contributed by atoms with Crippen molar-refractivity contribution in [3.63, 3.8) is 0 Å². The molecule has 20 heavy (non-hydrogen) atoms. The zero-order chi connectivity index (χ0) is 13.8. The molecule has 0 atom stereocenters. The van der Waals surface area contributed by atoms with E-state index >= 15 is 0 Å². The highest BCUT2D eigenvalue weighted by Crippen LogP contribution is 2.19. The zero-order valence-electron chi connectivity index (χ0n) is 10.9. The molecular formula is C17H14N2O. The number of benzene rings is 2. The summed E-state index contributed by atoms with van der Waals surface area (Å²) in [5.74, 6) is 0. The van der Waals surface area contributed by atoms with E-state index < -0.39 is 0 Å². The molecule has 3 rings (SSSR count). The van der Waals surface area contributed by atoms with Crippen LogP contribution >= 0.6 is 0 Å². The molecule has 3 aromatic rings. The summed E-state index contributed by atoms with van der Waals surface area (Å²) >= 11 is 0. The quantitative estimate of drug-likeness (QED) is 0.788. The van der Waals surface area contributed by atoms with Crippen LogP contribution in [0.1, 0.15) is 11.3 Å². The fourth-order valence-corrected chi connectivity index (χ4v) is 2.15. The molecule has 1 heterocycles. The van der Waals surface area contributed by atoms with E-state index in [1.165, 1.54) is 11.1 Å². The van der Waals surface area contributed by atoms with Crippen molar-refractivity contribution in [2.75, 3.05) is 0 Å². The third-order valence-electron chi connectivity index (χ3n) is 3.21. The number of aromatic amines is 1. The van der Waals surface area contributed by atoms with Crippen molar-refractivity contribution in [1.29, 1.82) is 0 Å². The monoisotopic (exact) mass is 262 g/mol. The van der Waals surface area contributed by atoms with Crippen molar-refractivity contribution in [2.24, 2.45) is 0 Å². The van der Waals surface area contributed by atoms with Gasteiger partial charge in [-0.15, -0.1) is 0 Å². The largest absolute Gasteiger partial charge is 0.326 e. The molecule has 3 nitrogen and oxygen atoms in total. The Bertz CT molecular complexity index is 746. The maximum Gasteiger partial charge on any atom is 0.269 e. The summed E-state index contributed by atoms with van der Waals surface area (Å²) in [6, 6.07) is 18.4. The van der Waals surface area contributed by atoms with Crippen molar-refractivity contribution >= 4 is 0 Å². The second kappa shape index (κ2) is 5.53. The van der Waals surface area contributed by atoms with Gasteiger partial charge in [-0.05, 0) is 16.7 Å². The van der Waals surface area contributed by atoms with Crippen LogP contribution in [0.25, 0.3) is 11.1 Å². The number of nitrogens with one attached hydrogen (secondary N) is 1. The first-order valence-corrected chi connectivity index (χ1v) is 6.50. The Morgan fingerprint density at radius 2 is 1.60 bits per heavy atom. The first-order chi connectivity index (χ1) is 9.83. The van der Waals surface area contributed by atoms with Gasteiger partial charge in [-0.2, -0.15) is 0 Å². The Hall–Kier alpha value is -2.68. The maximum atomic E-state index is 11.6. The van der Waals surface area contributed by atoms with Crippen LogP contribution < -0.4 is 5.56 Å². The smallest absolute Gasteiger partial charge is 0.269 e. The van der Waals surface area contributed by atoms with E-state index in [1.807, 2.05) is 30.3 Å². The standard InChI is InChI=1S/C17H14N2O/c20-17-16(18-10-11-19-17)12-13-6-8-15(9-7-13)14-4-2-1-3-5-14/h1-11H,12H2,(H,19,20). The molecule has 0 radical (unpaired) electrons. The van der Waals surface area contributed by atoms with Gasteiger partial charge in [0.1, 0.15) is 5.69 Å². The number of hydrogen-bond acceptors (Lipinski definition) is 2. The van der Waals surface area contributed by atoms with Crippen molar-refractivity contribution in [3.05, 3.63) is 88.6 Å². The van der Waals surface area contributed by atoms with Gasteiger partial charge < -0.3 is 4.98 Å². The van der Waals surface area contributed by atoms with Crippen LogP contribution in [-0.2, 0) is 6.42 Å². The van der Waals surface area contributed by atoms with E-state index in [-0.39, 0.29) is 5.56 Å². The Balaban J connectivity index is 1.84. The lowest BCUT2D eigenvalue weighted by atomic mass is 10.0. The highest BCUT2D eigenvalue weighted by atomic mass is 16.1. The number of nitrogens with zero attached hydrogens (tertiary/aromatic N) is 1. The van der Waals surface area contributed by atoms with Crippen molar-refractivity contribution in [2.45, 2.75) is 6.42 Å². The second-order valence-corrected chi connectivity index (χ2v) is 4.60. The highest BCUT2D eigenvalue weighted by Gasteiger charge is 2.03. The number of hydrogen-bond donors (Lipinski definition) is 1. The minimum atomic E-state index is -0.125. The van der Waals surface area contributed by atoms with Gasteiger partial charge in [0.25, 0.3) is 5.56 Å². The van der Waals surface area contributed by atoms with Crippen molar-refractivity contribution in [3.8, 4) is 11.1 Å². The van der Waals surface area contributed by atoms with Crippen LogP contribution in [0.15, 0.2) is 71.8 Å². The van der Waals surface area contributed by atoms with Gasteiger partial charge in [0, 0.05) is 18.8 Å². The molecule has 0 bridgehead atoms. The lowest BCUT2D eigenvalue weighted by molar-refractivity contribution is 0.990. The minimum absolute atomic E-state index is 0.125. The normalized spacial score (nSPS) is 10.4. The zero-order valence-corrected chi connectivity index (χ0v) is 10.9. The van der Waals surface area contributed by atoms with Gasteiger partial charge in [0.15, 0.2) is 0 Å². The summed E-state index contributed by atoms with van der Waals surface area (Å²) in [5, 5.41) is 0. The average Bonchev–Trinajstić information content (AvgIpc) is 2.51. The van der Waals surface area contributed by atoms with Gasteiger partial charge in [-0.25, -0.2) is 0 Å². The van der Waals surface area contributed by atoms with Crippen LogP contribution in [0.5, 0.6) is 0 Å². The van der Waals surface area contributed by atoms with E-state index in [4.69, 9.17) is 0 Å². The molecular weight excluding hydrogens is 248 g/mol. The fourth-order valence-electron chi connectivity index (χ4n) is 2.15. The van der Waals surface area contributed by atoms with Gasteiger partial charge in [-0.3, -0.25) is 9.78 Å². The first kappa shape index (κ1) is 12.4. The molecule has 1 aromatic heterocycles. The number of aromatic nitrogens is 2. The maximum absolute atomic E-state index is 11.6. The molecule has 1 N–H and O–H groups in total.